The molecule has 6 heteroatoms. The highest BCUT2D eigenvalue weighted by molar-refractivity contribution is 7.13. The second-order valence-electron chi connectivity index (χ2n) is 7.39. The van der Waals surface area contributed by atoms with Gasteiger partial charge in [0, 0.05) is 46.7 Å². The Morgan fingerprint density at radius 1 is 1.44 bits per heavy atom. The number of fused-ring (bicyclic) bond motifs is 4. The van der Waals surface area contributed by atoms with Crippen molar-refractivity contribution >= 4 is 17.2 Å². The minimum absolute atomic E-state index is 0.350. The molecule has 130 valence electrons. The highest BCUT2D eigenvalue weighted by Gasteiger charge is 2.41. The molecule has 5 nitrogen and oxygen atoms in total. The Morgan fingerprint density at radius 3 is 2.96 bits per heavy atom. The SMILES string of the molecule is CN(C)Cc1csc(-c2c(C#N)c(N)nc3c2[C@@H]2CC[C@H](C3)N2C)c1. The van der Waals surface area contributed by atoms with Crippen LogP contribution in [-0.4, -0.2) is 42.0 Å². The summed E-state index contributed by atoms with van der Waals surface area (Å²) in [6, 6.07) is 5.44. The highest BCUT2D eigenvalue weighted by Crippen LogP contribution is 2.48. The van der Waals surface area contributed by atoms with E-state index in [2.05, 4.69) is 53.4 Å². The third-order valence-corrected chi connectivity index (χ3v) is 6.45. The molecule has 1 saturated heterocycles. The molecule has 0 spiro atoms. The molecule has 2 atom stereocenters. The molecule has 0 saturated carbocycles. The monoisotopic (exact) mass is 353 g/mol. The Hall–Kier alpha value is -1.94. The second-order valence-corrected chi connectivity index (χ2v) is 8.30. The van der Waals surface area contributed by atoms with E-state index in [9.17, 15) is 5.26 Å². The van der Waals surface area contributed by atoms with Gasteiger partial charge in [-0.25, -0.2) is 4.98 Å². The molecule has 2 aromatic rings. The molecule has 2 bridgehead atoms. The summed E-state index contributed by atoms with van der Waals surface area (Å²) in [5.74, 6) is 0.378. The first-order valence-electron chi connectivity index (χ1n) is 8.66. The van der Waals surface area contributed by atoms with Crippen LogP contribution in [0, 0.1) is 11.3 Å². The lowest BCUT2D eigenvalue weighted by Gasteiger charge is -2.34. The molecular weight excluding hydrogens is 330 g/mol. The van der Waals surface area contributed by atoms with Crippen molar-refractivity contribution in [1.29, 1.82) is 5.26 Å². The van der Waals surface area contributed by atoms with Gasteiger partial charge < -0.3 is 10.6 Å². The molecule has 2 aliphatic heterocycles. The molecular formula is C19H23N5S. The molecule has 0 unspecified atom stereocenters. The van der Waals surface area contributed by atoms with Gasteiger partial charge in [0.1, 0.15) is 17.5 Å². The Balaban J connectivity index is 1.91. The van der Waals surface area contributed by atoms with Crippen LogP contribution in [0.25, 0.3) is 10.4 Å². The highest BCUT2D eigenvalue weighted by atomic mass is 32.1. The predicted octanol–water partition coefficient (Wildman–Crippen LogP) is 3.02. The van der Waals surface area contributed by atoms with Crippen molar-refractivity contribution in [2.75, 3.05) is 26.9 Å². The fourth-order valence-corrected chi connectivity index (χ4v) is 5.31. The molecule has 0 amide bonds. The standard InChI is InChI=1S/C19H23N5S/c1-23(2)9-11-6-16(25-10-11)17-13(8-20)19(21)22-14-7-12-4-5-15(18(14)17)24(12)3/h6,10,12,15H,4-5,7,9H2,1-3H3,(H2,21,22)/t12-,15+/m1/s1. The molecule has 2 aromatic heterocycles. The van der Waals surface area contributed by atoms with Crippen molar-refractivity contribution in [3.63, 3.8) is 0 Å². The molecule has 2 aliphatic rings. The van der Waals surface area contributed by atoms with Gasteiger partial charge in [-0.05, 0) is 51.0 Å². The van der Waals surface area contributed by atoms with E-state index >= 15 is 0 Å². The summed E-state index contributed by atoms with van der Waals surface area (Å²) in [6.45, 7) is 0.895. The van der Waals surface area contributed by atoms with Gasteiger partial charge in [-0.15, -0.1) is 11.3 Å². The quantitative estimate of drug-likeness (QED) is 0.918. The van der Waals surface area contributed by atoms with Gasteiger partial charge >= 0.3 is 0 Å². The van der Waals surface area contributed by atoms with Crippen LogP contribution in [0.2, 0.25) is 0 Å². The number of nitriles is 1. The van der Waals surface area contributed by atoms with E-state index in [0.29, 0.717) is 23.5 Å². The maximum Gasteiger partial charge on any atom is 0.142 e. The lowest BCUT2D eigenvalue weighted by atomic mass is 9.90. The number of rotatable bonds is 3. The Kier molecular flexibility index (Phi) is 4.03. The fourth-order valence-electron chi connectivity index (χ4n) is 4.34. The molecule has 2 N–H and O–H groups in total. The minimum atomic E-state index is 0.350. The van der Waals surface area contributed by atoms with Crippen LogP contribution in [0.3, 0.4) is 0 Å². The van der Waals surface area contributed by atoms with Crippen LogP contribution < -0.4 is 5.73 Å². The van der Waals surface area contributed by atoms with E-state index in [1.807, 2.05) is 0 Å². The molecule has 0 radical (unpaired) electrons. The van der Waals surface area contributed by atoms with Gasteiger partial charge in [-0.2, -0.15) is 5.26 Å². The first-order valence-corrected chi connectivity index (χ1v) is 9.54. The minimum Gasteiger partial charge on any atom is -0.383 e. The van der Waals surface area contributed by atoms with Crippen molar-refractivity contribution in [1.82, 2.24) is 14.8 Å². The van der Waals surface area contributed by atoms with Gasteiger partial charge in [-0.1, -0.05) is 0 Å². The molecule has 0 aliphatic carbocycles. The van der Waals surface area contributed by atoms with Crippen molar-refractivity contribution in [2.24, 2.45) is 0 Å². The number of nitrogen functional groups attached to an aromatic ring is 1. The third kappa shape index (κ3) is 2.63. The number of pyridine rings is 1. The summed E-state index contributed by atoms with van der Waals surface area (Å²) in [5.41, 5.74) is 11.3. The van der Waals surface area contributed by atoms with E-state index in [4.69, 9.17) is 5.73 Å². The van der Waals surface area contributed by atoms with Crippen LogP contribution in [0.4, 0.5) is 5.82 Å². The molecule has 25 heavy (non-hydrogen) atoms. The molecule has 1 fully saturated rings. The van der Waals surface area contributed by atoms with E-state index in [0.717, 1.165) is 35.5 Å². The van der Waals surface area contributed by atoms with Gasteiger partial charge in [0.25, 0.3) is 0 Å². The maximum absolute atomic E-state index is 9.76. The second kappa shape index (κ2) is 6.10. The first kappa shape index (κ1) is 16.5. The Bertz CT molecular complexity index is 863. The summed E-state index contributed by atoms with van der Waals surface area (Å²) in [4.78, 5) is 10.4. The number of anilines is 1. The summed E-state index contributed by atoms with van der Waals surface area (Å²) < 4.78 is 0. The average Bonchev–Trinajstić information content (AvgIpc) is 3.08. The lowest BCUT2D eigenvalue weighted by molar-refractivity contribution is 0.222. The molecule has 0 aromatic carbocycles. The largest absolute Gasteiger partial charge is 0.383 e. The third-order valence-electron chi connectivity index (χ3n) is 5.46. The van der Waals surface area contributed by atoms with Crippen molar-refractivity contribution in [2.45, 2.75) is 37.9 Å². The Labute approximate surface area is 152 Å². The van der Waals surface area contributed by atoms with Crippen LogP contribution in [0.1, 0.15) is 41.3 Å². The maximum atomic E-state index is 9.76. The van der Waals surface area contributed by atoms with Crippen molar-refractivity contribution in [3.8, 4) is 16.5 Å². The summed E-state index contributed by atoms with van der Waals surface area (Å²) >= 11 is 1.70. The zero-order valence-electron chi connectivity index (χ0n) is 14.9. The van der Waals surface area contributed by atoms with E-state index in [-0.39, 0.29) is 0 Å². The number of hydrogen-bond acceptors (Lipinski definition) is 6. The zero-order valence-corrected chi connectivity index (χ0v) is 15.7. The van der Waals surface area contributed by atoms with Gasteiger partial charge in [0.05, 0.1) is 0 Å². The van der Waals surface area contributed by atoms with E-state index in [1.165, 1.54) is 17.5 Å². The van der Waals surface area contributed by atoms with Crippen LogP contribution in [-0.2, 0) is 13.0 Å². The fraction of sp³-hybridized carbons (Fsp3) is 0.474. The van der Waals surface area contributed by atoms with E-state index < -0.39 is 0 Å². The summed E-state index contributed by atoms with van der Waals surface area (Å²) in [6.07, 6.45) is 3.25. The van der Waals surface area contributed by atoms with Crippen LogP contribution in [0.5, 0.6) is 0 Å². The van der Waals surface area contributed by atoms with Gasteiger partial charge in [-0.3, -0.25) is 4.90 Å². The number of hydrogen-bond donors (Lipinski definition) is 1. The zero-order chi connectivity index (χ0) is 17.7. The predicted molar refractivity (Wildman–Crippen MR) is 101 cm³/mol. The Morgan fingerprint density at radius 2 is 2.24 bits per heavy atom. The van der Waals surface area contributed by atoms with Gasteiger partial charge in [0.15, 0.2) is 0 Å². The topological polar surface area (TPSA) is 69.2 Å². The number of nitrogens with zero attached hydrogens (tertiary/aromatic N) is 4. The van der Waals surface area contributed by atoms with Crippen LogP contribution in [0.15, 0.2) is 11.4 Å². The number of likely N-dealkylation sites (N-methyl/N-ethyl adjacent to an activating group) is 1. The number of aromatic nitrogens is 1. The molecule has 4 heterocycles. The van der Waals surface area contributed by atoms with Gasteiger partial charge in [0.2, 0.25) is 0 Å². The summed E-state index contributed by atoms with van der Waals surface area (Å²) in [5, 5.41) is 11.9. The van der Waals surface area contributed by atoms with E-state index in [1.54, 1.807) is 11.3 Å². The number of thiophene rings is 1. The van der Waals surface area contributed by atoms with Crippen molar-refractivity contribution < 1.29 is 0 Å². The van der Waals surface area contributed by atoms with Crippen LogP contribution >= 0.6 is 11.3 Å². The normalized spacial score (nSPS) is 22.2. The smallest absolute Gasteiger partial charge is 0.142 e. The number of nitrogens with two attached hydrogens (primary N) is 1. The lowest BCUT2D eigenvalue weighted by Crippen LogP contribution is -2.35. The molecule has 4 rings (SSSR count). The van der Waals surface area contributed by atoms with Crippen molar-refractivity contribution in [3.05, 3.63) is 33.8 Å². The summed E-state index contributed by atoms with van der Waals surface area (Å²) in [7, 11) is 6.33. The first-order chi connectivity index (χ1) is 12.0. The average molecular weight is 353 g/mol.